The maximum absolute atomic E-state index is 11.4. The van der Waals surface area contributed by atoms with Gasteiger partial charge in [0.25, 0.3) is 0 Å². The molecule has 4 nitrogen and oxygen atoms in total. The summed E-state index contributed by atoms with van der Waals surface area (Å²) in [4.78, 5) is 11.4. The van der Waals surface area contributed by atoms with Crippen LogP contribution in [0.2, 0.25) is 0 Å². The summed E-state index contributed by atoms with van der Waals surface area (Å²) < 4.78 is 6.73. The zero-order chi connectivity index (χ0) is 9.26. The van der Waals surface area contributed by atoms with E-state index in [1.807, 2.05) is 6.07 Å². The van der Waals surface area contributed by atoms with Gasteiger partial charge in [0.15, 0.2) is 5.78 Å². The Kier molecular flexibility index (Phi) is 2.14. The zero-order valence-corrected chi connectivity index (χ0v) is 7.62. The van der Waals surface area contributed by atoms with Gasteiger partial charge in [0.05, 0.1) is 12.3 Å². The maximum Gasteiger partial charge on any atom is 0.180 e. The molecule has 0 saturated carbocycles. The lowest BCUT2D eigenvalue weighted by molar-refractivity contribution is 0.0951. The fourth-order valence-corrected chi connectivity index (χ4v) is 1.60. The van der Waals surface area contributed by atoms with E-state index in [4.69, 9.17) is 4.74 Å². The Bertz CT molecular complexity index is 330. The van der Waals surface area contributed by atoms with Gasteiger partial charge in [0.1, 0.15) is 5.69 Å². The molecule has 1 aromatic rings. The number of hydrogen-bond acceptors (Lipinski definition) is 3. The summed E-state index contributed by atoms with van der Waals surface area (Å²) in [5, 5.41) is 4.26. The molecule has 0 amide bonds. The standard InChI is InChI=1S/C9H12N2O2/c1-13-6-7-5-8-9(12)3-2-4-11(8)10-7/h5H,2-4,6H2,1H3. The average Bonchev–Trinajstić information content (AvgIpc) is 2.49. The number of Topliss-reactive ketones (excluding diaryl/α,β-unsaturated/α-hetero) is 1. The monoisotopic (exact) mass is 180 g/mol. The first kappa shape index (κ1) is 8.44. The Morgan fingerprint density at radius 1 is 1.69 bits per heavy atom. The quantitative estimate of drug-likeness (QED) is 0.682. The first-order valence-corrected chi connectivity index (χ1v) is 4.40. The summed E-state index contributed by atoms with van der Waals surface area (Å²) in [6.07, 6.45) is 1.55. The predicted molar refractivity (Wildman–Crippen MR) is 46.5 cm³/mol. The van der Waals surface area contributed by atoms with Crippen LogP contribution in [-0.4, -0.2) is 22.7 Å². The molecule has 0 atom stereocenters. The van der Waals surface area contributed by atoms with Crippen molar-refractivity contribution in [1.29, 1.82) is 0 Å². The van der Waals surface area contributed by atoms with Crippen LogP contribution in [0.25, 0.3) is 0 Å². The molecule has 0 fully saturated rings. The number of aromatic nitrogens is 2. The summed E-state index contributed by atoms with van der Waals surface area (Å²) >= 11 is 0. The Balaban J connectivity index is 2.31. The Labute approximate surface area is 76.5 Å². The van der Waals surface area contributed by atoms with Gasteiger partial charge in [-0.2, -0.15) is 5.10 Å². The van der Waals surface area contributed by atoms with Crippen molar-refractivity contribution in [3.63, 3.8) is 0 Å². The van der Waals surface area contributed by atoms with Crippen molar-refractivity contribution in [2.75, 3.05) is 7.11 Å². The molecular weight excluding hydrogens is 168 g/mol. The summed E-state index contributed by atoms with van der Waals surface area (Å²) in [7, 11) is 1.63. The highest BCUT2D eigenvalue weighted by Gasteiger charge is 2.19. The smallest absolute Gasteiger partial charge is 0.180 e. The number of fused-ring (bicyclic) bond motifs is 1. The molecular formula is C9H12N2O2. The number of rotatable bonds is 2. The molecule has 0 aliphatic carbocycles. The van der Waals surface area contributed by atoms with E-state index in [0.29, 0.717) is 13.0 Å². The molecule has 70 valence electrons. The third-order valence-corrected chi connectivity index (χ3v) is 2.18. The SMILES string of the molecule is COCc1cc2n(n1)CCCC2=O. The van der Waals surface area contributed by atoms with Crippen molar-refractivity contribution < 1.29 is 9.53 Å². The van der Waals surface area contributed by atoms with E-state index in [-0.39, 0.29) is 5.78 Å². The molecule has 0 radical (unpaired) electrons. The lowest BCUT2D eigenvalue weighted by Gasteiger charge is -2.10. The van der Waals surface area contributed by atoms with Crippen LogP contribution < -0.4 is 0 Å². The van der Waals surface area contributed by atoms with Crippen molar-refractivity contribution in [2.45, 2.75) is 26.0 Å². The summed E-state index contributed by atoms with van der Waals surface area (Å²) in [5.41, 5.74) is 1.58. The second kappa shape index (κ2) is 3.30. The van der Waals surface area contributed by atoms with E-state index >= 15 is 0 Å². The topological polar surface area (TPSA) is 44.1 Å². The summed E-state index contributed by atoms with van der Waals surface area (Å²) in [5.74, 6) is 0.195. The van der Waals surface area contributed by atoms with E-state index in [2.05, 4.69) is 5.10 Å². The number of ether oxygens (including phenoxy) is 1. The largest absolute Gasteiger partial charge is 0.378 e. The van der Waals surface area contributed by atoms with Gasteiger partial charge in [0.2, 0.25) is 0 Å². The van der Waals surface area contributed by atoms with Crippen molar-refractivity contribution in [2.24, 2.45) is 0 Å². The molecule has 0 aromatic carbocycles. The van der Waals surface area contributed by atoms with E-state index < -0.39 is 0 Å². The van der Waals surface area contributed by atoms with Gasteiger partial charge >= 0.3 is 0 Å². The van der Waals surface area contributed by atoms with Gasteiger partial charge in [-0.15, -0.1) is 0 Å². The molecule has 0 spiro atoms. The van der Waals surface area contributed by atoms with Crippen LogP contribution in [0.4, 0.5) is 0 Å². The molecule has 0 bridgehead atoms. The van der Waals surface area contributed by atoms with Gasteiger partial charge in [-0.25, -0.2) is 0 Å². The van der Waals surface area contributed by atoms with Crippen LogP contribution in [0.3, 0.4) is 0 Å². The van der Waals surface area contributed by atoms with Gasteiger partial charge in [-0.1, -0.05) is 0 Å². The Morgan fingerprint density at radius 3 is 3.23 bits per heavy atom. The highest BCUT2D eigenvalue weighted by molar-refractivity contribution is 5.95. The minimum Gasteiger partial charge on any atom is -0.378 e. The zero-order valence-electron chi connectivity index (χ0n) is 7.62. The molecule has 1 aliphatic heterocycles. The molecule has 1 aliphatic rings. The lowest BCUT2D eigenvalue weighted by Crippen LogP contribution is -2.16. The lowest BCUT2D eigenvalue weighted by atomic mass is 10.1. The molecule has 1 aromatic heterocycles. The third-order valence-electron chi connectivity index (χ3n) is 2.18. The molecule has 0 N–H and O–H groups in total. The van der Waals surface area contributed by atoms with Gasteiger partial charge in [-0.05, 0) is 12.5 Å². The first-order chi connectivity index (χ1) is 6.31. The van der Waals surface area contributed by atoms with Crippen molar-refractivity contribution in [3.8, 4) is 0 Å². The number of methoxy groups -OCH3 is 1. The van der Waals surface area contributed by atoms with Gasteiger partial charge < -0.3 is 4.74 Å². The summed E-state index contributed by atoms with van der Waals surface area (Å²) in [6.45, 7) is 1.33. The predicted octanol–water partition coefficient (Wildman–Crippen LogP) is 1.01. The minimum absolute atomic E-state index is 0.195. The third kappa shape index (κ3) is 1.49. The number of ketones is 1. The first-order valence-electron chi connectivity index (χ1n) is 4.40. The Morgan fingerprint density at radius 2 is 2.54 bits per heavy atom. The fourth-order valence-electron chi connectivity index (χ4n) is 1.60. The van der Waals surface area contributed by atoms with Crippen LogP contribution in [0.5, 0.6) is 0 Å². The van der Waals surface area contributed by atoms with Crippen LogP contribution in [0, 0.1) is 0 Å². The minimum atomic E-state index is 0.195. The van der Waals surface area contributed by atoms with Gasteiger partial charge in [0, 0.05) is 20.1 Å². The molecule has 13 heavy (non-hydrogen) atoms. The molecule has 2 rings (SSSR count). The highest BCUT2D eigenvalue weighted by atomic mass is 16.5. The normalized spacial score (nSPS) is 15.9. The number of carbonyl (C=O) groups excluding carboxylic acids is 1. The summed E-state index contributed by atoms with van der Waals surface area (Å²) in [6, 6.07) is 1.82. The van der Waals surface area contributed by atoms with E-state index in [9.17, 15) is 4.79 Å². The second-order valence-electron chi connectivity index (χ2n) is 3.20. The second-order valence-corrected chi connectivity index (χ2v) is 3.20. The molecule has 0 unspecified atom stereocenters. The molecule has 4 heteroatoms. The van der Waals surface area contributed by atoms with E-state index in [0.717, 1.165) is 24.4 Å². The maximum atomic E-state index is 11.4. The van der Waals surface area contributed by atoms with Crippen LogP contribution in [0.1, 0.15) is 29.0 Å². The number of carbonyl (C=O) groups is 1. The van der Waals surface area contributed by atoms with E-state index in [1.165, 1.54) is 0 Å². The molecule has 0 saturated heterocycles. The van der Waals surface area contributed by atoms with Crippen LogP contribution >= 0.6 is 0 Å². The highest BCUT2D eigenvalue weighted by Crippen LogP contribution is 2.15. The van der Waals surface area contributed by atoms with Crippen molar-refractivity contribution in [1.82, 2.24) is 9.78 Å². The average molecular weight is 180 g/mol. The van der Waals surface area contributed by atoms with Gasteiger partial charge in [-0.3, -0.25) is 9.48 Å². The fraction of sp³-hybridized carbons (Fsp3) is 0.556. The number of hydrogen-bond donors (Lipinski definition) is 0. The van der Waals surface area contributed by atoms with Crippen molar-refractivity contribution >= 4 is 5.78 Å². The molecule has 2 heterocycles. The Hall–Kier alpha value is -1.16. The number of aryl methyl sites for hydroxylation is 1. The van der Waals surface area contributed by atoms with E-state index in [1.54, 1.807) is 11.8 Å². The van der Waals surface area contributed by atoms with Crippen LogP contribution in [-0.2, 0) is 17.9 Å². The number of nitrogens with zero attached hydrogens (tertiary/aromatic N) is 2. The van der Waals surface area contributed by atoms with Crippen molar-refractivity contribution in [3.05, 3.63) is 17.5 Å². The van der Waals surface area contributed by atoms with Crippen LogP contribution in [0.15, 0.2) is 6.07 Å².